The topological polar surface area (TPSA) is 111 Å². The number of hydrogen-bond donors (Lipinski definition) is 2. The number of sulfonamides is 1. The Balaban J connectivity index is 1.76. The van der Waals surface area contributed by atoms with E-state index in [0.717, 1.165) is 11.0 Å². The van der Waals surface area contributed by atoms with Crippen molar-refractivity contribution in [2.24, 2.45) is 0 Å². The molecule has 0 unspecified atom stereocenters. The van der Waals surface area contributed by atoms with Crippen LogP contribution < -0.4 is 14.8 Å². The van der Waals surface area contributed by atoms with Crippen LogP contribution in [0.15, 0.2) is 53.9 Å². The van der Waals surface area contributed by atoms with E-state index in [2.05, 4.69) is 10.0 Å². The van der Waals surface area contributed by atoms with E-state index in [4.69, 9.17) is 9.47 Å². The second kappa shape index (κ2) is 10.4. The van der Waals surface area contributed by atoms with Crippen LogP contribution in [0.2, 0.25) is 0 Å². The minimum atomic E-state index is -3.83. The summed E-state index contributed by atoms with van der Waals surface area (Å²) >= 11 is 0. The van der Waals surface area contributed by atoms with Gasteiger partial charge >= 0.3 is 5.97 Å². The van der Waals surface area contributed by atoms with E-state index in [1.807, 2.05) is 19.1 Å². The zero-order valence-electron chi connectivity index (χ0n) is 16.0. The molecule has 0 heterocycles. The number of nitrogens with one attached hydrogen (secondary N) is 2. The molecule has 2 aromatic rings. The van der Waals surface area contributed by atoms with E-state index >= 15 is 0 Å². The Kier molecular flexibility index (Phi) is 7.93. The Labute approximate surface area is 169 Å². The van der Waals surface area contributed by atoms with E-state index in [1.54, 1.807) is 36.4 Å². The Hall–Kier alpha value is -3.17. The second-order valence-corrected chi connectivity index (χ2v) is 7.67. The predicted octanol–water partition coefficient (Wildman–Crippen LogP) is 2.08. The molecular formula is C20H22N2O6S. The van der Waals surface area contributed by atoms with Crippen molar-refractivity contribution in [1.82, 2.24) is 4.72 Å². The average molecular weight is 418 g/mol. The quantitative estimate of drug-likeness (QED) is 0.603. The van der Waals surface area contributed by atoms with Crippen LogP contribution in [-0.2, 0) is 24.3 Å². The van der Waals surface area contributed by atoms with Crippen molar-refractivity contribution >= 4 is 33.7 Å². The number of anilines is 1. The van der Waals surface area contributed by atoms with Crippen LogP contribution in [-0.4, -0.2) is 40.6 Å². The number of esters is 1. The Bertz CT molecular complexity index is 984. The smallest absolute Gasteiger partial charge is 0.321 e. The van der Waals surface area contributed by atoms with Crippen LogP contribution >= 0.6 is 0 Å². The molecule has 0 aromatic heterocycles. The van der Waals surface area contributed by atoms with Crippen LogP contribution in [0.1, 0.15) is 11.1 Å². The van der Waals surface area contributed by atoms with Gasteiger partial charge in [0.15, 0.2) is 6.61 Å². The molecule has 0 bridgehead atoms. The van der Waals surface area contributed by atoms with Gasteiger partial charge in [0.05, 0.1) is 7.11 Å². The van der Waals surface area contributed by atoms with E-state index in [-0.39, 0.29) is 0 Å². The highest BCUT2D eigenvalue weighted by atomic mass is 32.2. The summed E-state index contributed by atoms with van der Waals surface area (Å²) in [5.41, 5.74) is 2.24. The molecule has 0 saturated heterocycles. The molecule has 9 heteroatoms. The maximum atomic E-state index is 11.9. The van der Waals surface area contributed by atoms with Crippen LogP contribution in [0, 0.1) is 6.92 Å². The molecule has 0 saturated carbocycles. The van der Waals surface area contributed by atoms with Crippen LogP contribution in [0.5, 0.6) is 5.75 Å². The largest absolute Gasteiger partial charge is 0.497 e. The molecule has 0 aliphatic heterocycles. The van der Waals surface area contributed by atoms with Gasteiger partial charge in [-0.1, -0.05) is 35.9 Å². The van der Waals surface area contributed by atoms with Gasteiger partial charge in [-0.2, -0.15) is 0 Å². The zero-order valence-corrected chi connectivity index (χ0v) is 16.9. The minimum Gasteiger partial charge on any atom is -0.497 e. The van der Waals surface area contributed by atoms with Gasteiger partial charge in [0, 0.05) is 17.2 Å². The highest BCUT2D eigenvalue weighted by molar-refractivity contribution is 7.92. The number of rotatable bonds is 9. The molecule has 0 aliphatic rings. The molecule has 0 spiro atoms. The molecule has 8 nitrogen and oxygen atoms in total. The SMILES string of the molecule is COc1cccc(NC(=O)COC(=O)CNS(=O)(=O)/C=C/c2ccc(C)cc2)c1. The Morgan fingerprint density at radius 1 is 1.10 bits per heavy atom. The van der Waals surface area contributed by atoms with Gasteiger partial charge in [0.2, 0.25) is 10.0 Å². The van der Waals surface area contributed by atoms with Crippen LogP contribution in [0.25, 0.3) is 6.08 Å². The van der Waals surface area contributed by atoms with Gasteiger partial charge in [-0.05, 0) is 30.7 Å². The number of methoxy groups -OCH3 is 1. The molecular weight excluding hydrogens is 396 g/mol. The van der Waals surface area contributed by atoms with Crippen molar-refractivity contribution < 1.29 is 27.5 Å². The van der Waals surface area contributed by atoms with Crippen molar-refractivity contribution in [3.8, 4) is 5.75 Å². The lowest BCUT2D eigenvalue weighted by Gasteiger charge is -2.08. The number of ether oxygens (including phenoxy) is 2. The number of amides is 1. The molecule has 2 aromatic carbocycles. The number of benzene rings is 2. The van der Waals surface area contributed by atoms with Crippen molar-refractivity contribution in [3.05, 3.63) is 65.1 Å². The summed E-state index contributed by atoms with van der Waals surface area (Å²) in [6.07, 6.45) is 1.41. The van der Waals surface area contributed by atoms with Crippen molar-refractivity contribution in [2.45, 2.75) is 6.92 Å². The molecule has 2 rings (SSSR count). The first-order chi connectivity index (χ1) is 13.8. The summed E-state index contributed by atoms with van der Waals surface area (Å²) in [4.78, 5) is 23.5. The third-order valence-electron chi connectivity index (χ3n) is 3.65. The first-order valence-electron chi connectivity index (χ1n) is 8.61. The molecule has 154 valence electrons. The summed E-state index contributed by atoms with van der Waals surface area (Å²) in [5.74, 6) is -0.875. The molecule has 1 amide bonds. The fourth-order valence-corrected chi connectivity index (χ4v) is 2.90. The lowest BCUT2D eigenvalue weighted by Crippen LogP contribution is -2.31. The summed E-state index contributed by atoms with van der Waals surface area (Å²) in [6.45, 7) is 0.790. The highest BCUT2D eigenvalue weighted by Crippen LogP contribution is 2.16. The number of aryl methyl sites for hydroxylation is 1. The third kappa shape index (κ3) is 8.16. The summed E-state index contributed by atoms with van der Waals surface area (Å²) in [6, 6.07) is 13.9. The van der Waals surface area contributed by atoms with E-state index < -0.39 is 35.1 Å². The predicted molar refractivity (Wildman–Crippen MR) is 110 cm³/mol. The van der Waals surface area contributed by atoms with Crippen molar-refractivity contribution in [2.75, 3.05) is 25.6 Å². The lowest BCUT2D eigenvalue weighted by atomic mass is 10.2. The van der Waals surface area contributed by atoms with Gasteiger partial charge in [-0.3, -0.25) is 9.59 Å². The standard InChI is InChI=1S/C20H22N2O6S/c1-15-6-8-16(9-7-15)10-11-29(25,26)21-13-20(24)28-14-19(23)22-17-4-3-5-18(12-17)27-2/h3-12,21H,13-14H2,1-2H3,(H,22,23)/b11-10+. The normalized spacial score (nSPS) is 11.2. The van der Waals surface area contributed by atoms with Crippen molar-refractivity contribution in [1.29, 1.82) is 0 Å². The number of carbonyl (C=O) groups is 2. The number of carbonyl (C=O) groups excluding carboxylic acids is 2. The van der Waals surface area contributed by atoms with E-state index in [1.165, 1.54) is 13.2 Å². The average Bonchev–Trinajstić information content (AvgIpc) is 2.70. The summed E-state index contributed by atoms with van der Waals surface area (Å²) in [5, 5.41) is 3.50. The van der Waals surface area contributed by atoms with Gasteiger partial charge < -0.3 is 14.8 Å². The highest BCUT2D eigenvalue weighted by Gasteiger charge is 2.12. The van der Waals surface area contributed by atoms with Crippen LogP contribution in [0.3, 0.4) is 0 Å². The summed E-state index contributed by atoms with van der Waals surface area (Å²) in [7, 11) is -2.33. The molecule has 0 atom stereocenters. The molecule has 2 N–H and O–H groups in total. The number of hydrogen-bond acceptors (Lipinski definition) is 6. The molecule has 29 heavy (non-hydrogen) atoms. The minimum absolute atomic E-state index is 0.479. The monoisotopic (exact) mass is 418 g/mol. The van der Waals surface area contributed by atoms with Gasteiger partial charge in [0.25, 0.3) is 5.91 Å². The summed E-state index contributed by atoms with van der Waals surface area (Å²) < 4.78 is 35.7. The maximum Gasteiger partial charge on any atom is 0.321 e. The van der Waals surface area contributed by atoms with Crippen LogP contribution in [0.4, 0.5) is 5.69 Å². The van der Waals surface area contributed by atoms with Gasteiger partial charge in [-0.25, -0.2) is 13.1 Å². The first-order valence-corrected chi connectivity index (χ1v) is 10.2. The Morgan fingerprint density at radius 2 is 1.83 bits per heavy atom. The van der Waals surface area contributed by atoms with Crippen molar-refractivity contribution in [3.63, 3.8) is 0 Å². The molecule has 0 aliphatic carbocycles. The van der Waals surface area contributed by atoms with Gasteiger partial charge in [0.1, 0.15) is 12.3 Å². The second-order valence-electron chi connectivity index (χ2n) is 6.02. The van der Waals surface area contributed by atoms with Gasteiger partial charge in [-0.15, -0.1) is 0 Å². The molecule has 0 fully saturated rings. The zero-order chi connectivity index (χ0) is 21.3. The first kappa shape index (κ1) is 22.1. The molecule has 0 radical (unpaired) electrons. The van der Waals surface area contributed by atoms with E-state index in [9.17, 15) is 18.0 Å². The van der Waals surface area contributed by atoms with E-state index in [0.29, 0.717) is 17.0 Å². The lowest BCUT2D eigenvalue weighted by molar-refractivity contribution is -0.146. The fourth-order valence-electron chi connectivity index (χ4n) is 2.15. The Morgan fingerprint density at radius 3 is 2.52 bits per heavy atom. The third-order valence-corrected chi connectivity index (χ3v) is 4.69. The fraction of sp³-hybridized carbons (Fsp3) is 0.200. The maximum absolute atomic E-state index is 11.9.